The van der Waals surface area contributed by atoms with Crippen molar-refractivity contribution < 1.29 is 14.1 Å². The van der Waals surface area contributed by atoms with Gasteiger partial charge in [0.05, 0.1) is 15.6 Å². The summed E-state index contributed by atoms with van der Waals surface area (Å²) < 4.78 is 5.67. The van der Waals surface area contributed by atoms with Gasteiger partial charge in [0.2, 0.25) is 5.91 Å². The first-order valence-electron chi connectivity index (χ1n) is 8.66. The van der Waals surface area contributed by atoms with E-state index in [0.29, 0.717) is 32.8 Å². The summed E-state index contributed by atoms with van der Waals surface area (Å²) in [5.74, 6) is 0.496. The molecule has 31 heavy (non-hydrogen) atoms. The zero-order chi connectivity index (χ0) is 22.4. The lowest BCUT2D eigenvalue weighted by molar-refractivity contribution is -0.384. The second-order valence-electron chi connectivity index (χ2n) is 6.03. The number of amides is 1. The van der Waals surface area contributed by atoms with E-state index >= 15 is 0 Å². The van der Waals surface area contributed by atoms with Crippen molar-refractivity contribution in [2.45, 2.75) is 0 Å². The van der Waals surface area contributed by atoms with E-state index in [1.54, 1.807) is 30.3 Å². The van der Waals surface area contributed by atoms with E-state index in [4.69, 9.17) is 39.8 Å². The van der Waals surface area contributed by atoms with Crippen molar-refractivity contribution >= 4 is 63.9 Å². The number of carbonyl (C=O) groups is 1. The Morgan fingerprint density at radius 2 is 1.84 bits per heavy atom. The number of furan rings is 1. The molecule has 3 aromatic rings. The molecule has 3 rings (SSSR count). The lowest BCUT2D eigenvalue weighted by Gasteiger charge is -2.10. The SMILES string of the molecule is O=C(/C=C/c1ccc(-c2ccc(Cl)cc2Cl)o1)NC(=S)NNc1ccc([N+](=O)[O-])cc1. The molecule has 0 aliphatic carbocycles. The molecule has 0 saturated carbocycles. The van der Waals surface area contributed by atoms with Gasteiger partial charge in [0.1, 0.15) is 11.5 Å². The third-order valence-electron chi connectivity index (χ3n) is 3.86. The molecule has 0 saturated heterocycles. The summed E-state index contributed by atoms with van der Waals surface area (Å²) >= 11 is 17.1. The number of nitro benzene ring substituents is 1. The van der Waals surface area contributed by atoms with Crippen molar-refractivity contribution in [3.8, 4) is 11.3 Å². The Labute approximate surface area is 192 Å². The highest BCUT2D eigenvalue weighted by molar-refractivity contribution is 7.80. The van der Waals surface area contributed by atoms with Gasteiger partial charge >= 0.3 is 0 Å². The lowest BCUT2D eigenvalue weighted by atomic mass is 10.2. The molecule has 158 valence electrons. The molecule has 0 atom stereocenters. The van der Waals surface area contributed by atoms with Gasteiger partial charge in [-0.3, -0.25) is 31.1 Å². The summed E-state index contributed by atoms with van der Waals surface area (Å²) in [6, 6.07) is 14.1. The normalized spacial score (nSPS) is 10.6. The molecule has 0 aliphatic rings. The lowest BCUT2D eigenvalue weighted by Crippen LogP contribution is -2.41. The standard InChI is InChI=1S/C20H14Cl2N4O4S/c21-12-1-8-16(17(22)11-12)18-9-6-15(30-18)7-10-19(27)23-20(31)25-24-13-2-4-14(5-3-13)26(28)29/h1-11,24H,(H2,23,25,27,31)/b10-7+. The maximum absolute atomic E-state index is 12.0. The Morgan fingerprint density at radius 1 is 1.10 bits per heavy atom. The van der Waals surface area contributed by atoms with Crippen molar-refractivity contribution in [2.75, 3.05) is 5.43 Å². The Bertz CT molecular complexity index is 1160. The summed E-state index contributed by atoms with van der Waals surface area (Å²) in [6.07, 6.45) is 2.74. The van der Waals surface area contributed by atoms with Crippen LogP contribution >= 0.6 is 35.4 Å². The molecule has 2 aromatic carbocycles. The molecule has 1 amide bonds. The second kappa shape index (κ2) is 10.1. The van der Waals surface area contributed by atoms with E-state index in [0.717, 1.165) is 0 Å². The van der Waals surface area contributed by atoms with Gasteiger partial charge in [0.25, 0.3) is 5.69 Å². The van der Waals surface area contributed by atoms with Gasteiger partial charge < -0.3 is 4.42 Å². The van der Waals surface area contributed by atoms with Crippen molar-refractivity contribution in [3.05, 3.63) is 86.6 Å². The molecule has 0 bridgehead atoms. The molecule has 0 spiro atoms. The number of benzene rings is 2. The Morgan fingerprint density at radius 3 is 2.52 bits per heavy atom. The Balaban J connectivity index is 1.51. The van der Waals surface area contributed by atoms with Gasteiger partial charge in [-0.05, 0) is 60.8 Å². The number of hydrogen-bond acceptors (Lipinski definition) is 6. The Hall–Kier alpha value is -3.40. The third-order valence-corrected chi connectivity index (χ3v) is 4.61. The summed E-state index contributed by atoms with van der Waals surface area (Å²) in [6.45, 7) is 0. The van der Waals surface area contributed by atoms with Crippen LogP contribution in [-0.2, 0) is 4.79 Å². The number of carbonyl (C=O) groups excluding carboxylic acids is 1. The maximum atomic E-state index is 12.0. The van der Waals surface area contributed by atoms with Gasteiger partial charge in [0.15, 0.2) is 5.11 Å². The van der Waals surface area contributed by atoms with Gasteiger partial charge in [-0.2, -0.15) is 0 Å². The first-order chi connectivity index (χ1) is 14.8. The molecule has 3 N–H and O–H groups in total. The molecular weight excluding hydrogens is 463 g/mol. The number of nitrogens with zero attached hydrogens (tertiary/aromatic N) is 1. The summed E-state index contributed by atoms with van der Waals surface area (Å²) in [5, 5.41) is 14.1. The number of halogens is 2. The largest absolute Gasteiger partial charge is 0.457 e. The smallest absolute Gasteiger partial charge is 0.269 e. The van der Waals surface area contributed by atoms with Crippen LogP contribution in [0, 0.1) is 10.1 Å². The van der Waals surface area contributed by atoms with Crippen LogP contribution in [0.2, 0.25) is 10.0 Å². The van der Waals surface area contributed by atoms with E-state index in [9.17, 15) is 14.9 Å². The predicted octanol–water partition coefficient (Wildman–Crippen LogP) is 5.19. The van der Waals surface area contributed by atoms with E-state index in [2.05, 4.69) is 16.2 Å². The van der Waals surface area contributed by atoms with Crippen LogP contribution in [0.15, 0.2) is 65.1 Å². The minimum atomic E-state index is -0.500. The highest BCUT2D eigenvalue weighted by Gasteiger charge is 2.09. The van der Waals surface area contributed by atoms with Gasteiger partial charge in [-0.25, -0.2) is 0 Å². The number of hydrazine groups is 1. The highest BCUT2D eigenvalue weighted by Crippen LogP contribution is 2.31. The fourth-order valence-electron chi connectivity index (χ4n) is 2.41. The quantitative estimate of drug-likeness (QED) is 0.194. The molecule has 0 fully saturated rings. The number of non-ortho nitro benzene ring substituents is 1. The van der Waals surface area contributed by atoms with Crippen LogP contribution in [0.1, 0.15) is 5.76 Å². The topological polar surface area (TPSA) is 109 Å². The zero-order valence-corrected chi connectivity index (χ0v) is 17.9. The van der Waals surface area contributed by atoms with Crippen molar-refractivity contribution in [3.63, 3.8) is 0 Å². The van der Waals surface area contributed by atoms with E-state index in [1.165, 1.54) is 36.4 Å². The first kappa shape index (κ1) is 22.3. The molecule has 11 heteroatoms. The number of hydrogen-bond donors (Lipinski definition) is 3. The number of nitrogens with one attached hydrogen (secondary N) is 3. The maximum Gasteiger partial charge on any atom is 0.269 e. The first-order valence-corrected chi connectivity index (χ1v) is 9.83. The van der Waals surface area contributed by atoms with Crippen LogP contribution in [-0.4, -0.2) is 15.9 Å². The minimum Gasteiger partial charge on any atom is -0.457 e. The zero-order valence-electron chi connectivity index (χ0n) is 15.6. The van der Waals surface area contributed by atoms with Crippen LogP contribution in [0.4, 0.5) is 11.4 Å². The fraction of sp³-hybridized carbons (Fsp3) is 0. The fourth-order valence-corrected chi connectivity index (χ4v) is 3.07. The molecule has 1 heterocycles. The average molecular weight is 477 g/mol. The average Bonchev–Trinajstić information content (AvgIpc) is 3.20. The van der Waals surface area contributed by atoms with Crippen molar-refractivity contribution in [1.29, 1.82) is 0 Å². The summed E-state index contributed by atoms with van der Waals surface area (Å²) in [7, 11) is 0. The number of rotatable bonds is 6. The molecule has 0 aliphatic heterocycles. The molecule has 0 unspecified atom stereocenters. The van der Waals surface area contributed by atoms with E-state index in [1.807, 2.05) is 0 Å². The van der Waals surface area contributed by atoms with Crippen LogP contribution in [0.25, 0.3) is 17.4 Å². The minimum absolute atomic E-state index is 0.0149. The summed E-state index contributed by atoms with van der Waals surface area (Å²) in [4.78, 5) is 22.2. The second-order valence-corrected chi connectivity index (χ2v) is 7.28. The van der Waals surface area contributed by atoms with Crippen molar-refractivity contribution in [1.82, 2.24) is 10.7 Å². The highest BCUT2D eigenvalue weighted by atomic mass is 35.5. The number of nitro groups is 1. The molecule has 1 aromatic heterocycles. The third kappa shape index (κ3) is 6.29. The summed E-state index contributed by atoms with van der Waals surface area (Å²) in [5.41, 5.74) is 6.51. The van der Waals surface area contributed by atoms with Crippen LogP contribution in [0.3, 0.4) is 0 Å². The van der Waals surface area contributed by atoms with Gasteiger partial charge in [-0.15, -0.1) is 0 Å². The molecule has 8 nitrogen and oxygen atoms in total. The van der Waals surface area contributed by atoms with E-state index in [-0.39, 0.29) is 10.8 Å². The van der Waals surface area contributed by atoms with Gasteiger partial charge in [-0.1, -0.05) is 23.2 Å². The van der Waals surface area contributed by atoms with E-state index < -0.39 is 10.8 Å². The predicted molar refractivity (Wildman–Crippen MR) is 124 cm³/mol. The van der Waals surface area contributed by atoms with Crippen LogP contribution in [0.5, 0.6) is 0 Å². The number of thiocarbonyl (C=S) groups is 1. The molecular formula is C20H14Cl2N4O4S. The Kier molecular flexibility index (Phi) is 7.24. The molecule has 0 radical (unpaired) electrons. The monoisotopic (exact) mass is 476 g/mol. The van der Waals surface area contributed by atoms with Crippen LogP contribution < -0.4 is 16.2 Å². The van der Waals surface area contributed by atoms with Crippen molar-refractivity contribution in [2.24, 2.45) is 0 Å². The van der Waals surface area contributed by atoms with Gasteiger partial charge in [0, 0.05) is 28.8 Å². The number of anilines is 1.